The van der Waals surface area contributed by atoms with Crippen LogP contribution in [-0.4, -0.2) is 17.1 Å². The summed E-state index contributed by atoms with van der Waals surface area (Å²) in [5.41, 5.74) is 1.17. The Morgan fingerprint density at radius 1 is 1.47 bits per heavy atom. The Kier molecular flexibility index (Phi) is 3.99. The van der Waals surface area contributed by atoms with Crippen LogP contribution in [0.5, 0.6) is 0 Å². The van der Waals surface area contributed by atoms with Crippen molar-refractivity contribution in [3.63, 3.8) is 0 Å². The zero-order valence-electron chi connectivity index (χ0n) is 10.5. The second-order valence-electron chi connectivity index (χ2n) is 4.01. The molecule has 0 fully saturated rings. The van der Waals surface area contributed by atoms with Gasteiger partial charge in [-0.05, 0) is 12.5 Å². The van der Waals surface area contributed by atoms with Crippen LogP contribution in [0.25, 0.3) is 0 Å². The molecular formula is C15H13NO3. The van der Waals surface area contributed by atoms with Crippen LogP contribution in [-0.2, 0) is 11.2 Å². The number of benzene rings is 1. The summed E-state index contributed by atoms with van der Waals surface area (Å²) in [5.74, 6) is 2.31. The zero-order chi connectivity index (χ0) is 13.7. The Morgan fingerprint density at radius 2 is 2.21 bits per heavy atom. The van der Waals surface area contributed by atoms with Crippen LogP contribution in [0.3, 0.4) is 0 Å². The predicted molar refractivity (Wildman–Crippen MR) is 69.4 cm³/mol. The Balaban J connectivity index is 2.03. The summed E-state index contributed by atoms with van der Waals surface area (Å²) in [4.78, 5) is 15.6. The van der Waals surface area contributed by atoms with Gasteiger partial charge in [0.05, 0.1) is 0 Å². The van der Waals surface area contributed by atoms with Gasteiger partial charge in [-0.3, -0.25) is 0 Å². The maximum absolute atomic E-state index is 11.8. The van der Waals surface area contributed by atoms with E-state index in [1.165, 1.54) is 6.39 Å². The van der Waals surface area contributed by atoms with Crippen LogP contribution in [0.15, 0.2) is 41.1 Å². The molecule has 1 aromatic carbocycles. The highest BCUT2D eigenvalue weighted by molar-refractivity contribution is 5.88. The molecule has 0 bridgehead atoms. The molecule has 0 saturated heterocycles. The summed E-state index contributed by atoms with van der Waals surface area (Å²) in [5, 5.41) is 0. The number of rotatable bonds is 4. The number of oxazole rings is 1. The Bertz CT molecular complexity index is 595. The zero-order valence-corrected chi connectivity index (χ0v) is 10.5. The van der Waals surface area contributed by atoms with Gasteiger partial charge in [-0.1, -0.05) is 36.3 Å². The first-order valence-corrected chi connectivity index (χ1v) is 5.82. The summed E-state index contributed by atoms with van der Waals surface area (Å²) >= 11 is 0. The molecule has 96 valence electrons. The van der Waals surface area contributed by atoms with Crippen LogP contribution in [0.4, 0.5) is 0 Å². The second kappa shape index (κ2) is 5.87. The van der Waals surface area contributed by atoms with Crippen molar-refractivity contribution in [3.8, 4) is 12.3 Å². The summed E-state index contributed by atoms with van der Waals surface area (Å²) in [6.45, 7) is 1.64. The third kappa shape index (κ3) is 3.23. The van der Waals surface area contributed by atoms with Crippen molar-refractivity contribution in [2.75, 3.05) is 0 Å². The molecule has 0 unspecified atom stereocenters. The fraction of sp³-hybridized carbons (Fsp3) is 0.200. The first kappa shape index (κ1) is 12.9. The second-order valence-corrected chi connectivity index (χ2v) is 4.01. The van der Waals surface area contributed by atoms with Crippen LogP contribution in [0, 0.1) is 19.3 Å². The van der Waals surface area contributed by atoms with Crippen LogP contribution in [0.2, 0.25) is 0 Å². The molecule has 0 aliphatic rings. The number of ether oxygens (including phenoxy) is 1. The molecule has 0 radical (unpaired) electrons. The van der Waals surface area contributed by atoms with Crippen molar-refractivity contribution in [2.24, 2.45) is 0 Å². The molecule has 0 aliphatic carbocycles. The van der Waals surface area contributed by atoms with Gasteiger partial charge in [0.25, 0.3) is 0 Å². The predicted octanol–water partition coefficient (Wildman–Crippen LogP) is 2.38. The van der Waals surface area contributed by atoms with Gasteiger partial charge < -0.3 is 9.15 Å². The smallest absolute Gasteiger partial charge is 0.361 e. The molecule has 0 amide bonds. The van der Waals surface area contributed by atoms with Gasteiger partial charge in [-0.2, -0.15) is 0 Å². The standard InChI is InChI=1S/C15H13NO3/c1-3-13(9-12-7-5-4-6-8-12)19-15(17)14-11(2)18-10-16-14/h1,4-8,10,13H,9H2,2H3/t13-/m0/s1. The number of terminal acetylenes is 1. The van der Waals surface area contributed by atoms with Gasteiger partial charge in [-0.15, -0.1) is 6.42 Å². The lowest BCUT2D eigenvalue weighted by Crippen LogP contribution is -2.19. The average Bonchev–Trinajstić information content (AvgIpc) is 2.85. The molecule has 0 saturated carbocycles. The van der Waals surface area contributed by atoms with Gasteiger partial charge in [-0.25, -0.2) is 9.78 Å². The topological polar surface area (TPSA) is 52.3 Å². The van der Waals surface area contributed by atoms with E-state index in [0.717, 1.165) is 5.56 Å². The fourth-order valence-corrected chi connectivity index (χ4v) is 1.65. The number of carbonyl (C=O) groups is 1. The molecule has 0 aliphatic heterocycles. The van der Waals surface area contributed by atoms with E-state index in [0.29, 0.717) is 12.2 Å². The van der Waals surface area contributed by atoms with Crippen molar-refractivity contribution >= 4 is 5.97 Å². The molecule has 0 N–H and O–H groups in total. The molecule has 0 spiro atoms. The third-order valence-corrected chi connectivity index (χ3v) is 2.64. The fourth-order valence-electron chi connectivity index (χ4n) is 1.65. The van der Waals surface area contributed by atoms with Crippen molar-refractivity contribution in [2.45, 2.75) is 19.4 Å². The van der Waals surface area contributed by atoms with Gasteiger partial charge in [0.2, 0.25) is 0 Å². The molecular weight excluding hydrogens is 242 g/mol. The lowest BCUT2D eigenvalue weighted by molar-refractivity contribution is 0.0403. The van der Waals surface area contributed by atoms with Gasteiger partial charge in [0, 0.05) is 6.42 Å². The van der Waals surface area contributed by atoms with Crippen LogP contribution < -0.4 is 0 Å². The minimum Gasteiger partial charge on any atom is -0.448 e. The average molecular weight is 255 g/mol. The van der Waals surface area contributed by atoms with E-state index in [1.54, 1.807) is 6.92 Å². The van der Waals surface area contributed by atoms with Crippen molar-refractivity contribution in [3.05, 3.63) is 53.7 Å². The van der Waals surface area contributed by atoms with Crippen LogP contribution >= 0.6 is 0 Å². The first-order valence-electron chi connectivity index (χ1n) is 5.82. The van der Waals surface area contributed by atoms with Crippen LogP contribution in [0.1, 0.15) is 21.8 Å². The number of nitrogens with zero attached hydrogens (tertiary/aromatic N) is 1. The lowest BCUT2D eigenvalue weighted by Gasteiger charge is -2.11. The van der Waals surface area contributed by atoms with Gasteiger partial charge in [0.15, 0.2) is 18.2 Å². The Labute approximate surface area is 111 Å². The minimum atomic E-state index is -0.619. The minimum absolute atomic E-state index is 0.160. The number of esters is 1. The highest BCUT2D eigenvalue weighted by Crippen LogP contribution is 2.10. The van der Waals surface area contributed by atoms with Crippen molar-refractivity contribution in [1.82, 2.24) is 4.98 Å². The molecule has 19 heavy (non-hydrogen) atoms. The number of aromatic nitrogens is 1. The number of hydrogen-bond donors (Lipinski definition) is 0. The monoisotopic (exact) mass is 255 g/mol. The highest BCUT2D eigenvalue weighted by Gasteiger charge is 2.19. The number of carbonyl (C=O) groups excluding carboxylic acids is 1. The summed E-state index contributed by atoms with van der Waals surface area (Å²) in [6.07, 6.45) is 6.44. The number of aryl methyl sites for hydroxylation is 1. The Hall–Kier alpha value is -2.54. The molecule has 1 heterocycles. The van der Waals surface area contributed by atoms with Gasteiger partial charge in [0.1, 0.15) is 5.76 Å². The molecule has 1 atom stereocenters. The van der Waals surface area contributed by atoms with E-state index in [9.17, 15) is 4.79 Å². The van der Waals surface area contributed by atoms with Crippen molar-refractivity contribution in [1.29, 1.82) is 0 Å². The SMILES string of the molecule is C#C[C@@H](Cc1ccccc1)OC(=O)c1ncoc1C. The molecule has 2 rings (SSSR count). The van der Waals surface area contributed by atoms with Gasteiger partial charge >= 0.3 is 5.97 Å². The van der Waals surface area contributed by atoms with E-state index in [4.69, 9.17) is 15.6 Å². The van der Waals surface area contributed by atoms with E-state index < -0.39 is 12.1 Å². The molecule has 1 aromatic heterocycles. The summed E-state index contributed by atoms with van der Waals surface area (Å²) < 4.78 is 10.2. The lowest BCUT2D eigenvalue weighted by atomic mass is 10.1. The quantitative estimate of drug-likeness (QED) is 0.621. The maximum Gasteiger partial charge on any atom is 0.361 e. The van der Waals surface area contributed by atoms with E-state index >= 15 is 0 Å². The van der Waals surface area contributed by atoms with E-state index in [-0.39, 0.29) is 5.69 Å². The summed E-state index contributed by atoms with van der Waals surface area (Å²) in [7, 11) is 0. The largest absolute Gasteiger partial charge is 0.448 e. The van der Waals surface area contributed by atoms with E-state index in [1.807, 2.05) is 30.3 Å². The normalized spacial score (nSPS) is 11.6. The molecule has 4 nitrogen and oxygen atoms in total. The Morgan fingerprint density at radius 3 is 2.79 bits per heavy atom. The maximum atomic E-state index is 11.8. The summed E-state index contributed by atoms with van der Waals surface area (Å²) in [6, 6.07) is 9.59. The highest BCUT2D eigenvalue weighted by atomic mass is 16.5. The molecule has 2 aromatic rings. The van der Waals surface area contributed by atoms with Crippen molar-refractivity contribution < 1.29 is 13.9 Å². The molecule has 4 heteroatoms. The first-order chi connectivity index (χ1) is 9.20. The number of hydrogen-bond acceptors (Lipinski definition) is 4. The van der Waals surface area contributed by atoms with E-state index in [2.05, 4.69) is 10.9 Å². The third-order valence-electron chi connectivity index (χ3n) is 2.64.